The first-order chi connectivity index (χ1) is 17.7. The van der Waals surface area contributed by atoms with E-state index >= 15 is 4.39 Å². The fraction of sp³-hybridized carbons (Fsp3) is 0.192. The number of rotatable bonds is 10. The second-order valence-electron chi connectivity index (χ2n) is 7.87. The summed E-state index contributed by atoms with van der Waals surface area (Å²) in [4.78, 5) is 25.8. The second-order valence-corrected chi connectivity index (χ2v) is 8.28. The number of nitrogen functional groups attached to an aromatic ring is 1. The Morgan fingerprint density at radius 3 is 2.43 bits per heavy atom. The lowest BCUT2D eigenvalue weighted by Gasteiger charge is -2.22. The fourth-order valence-corrected chi connectivity index (χ4v) is 3.56. The highest BCUT2D eigenvalue weighted by Crippen LogP contribution is 2.33. The average Bonchev–Trinajstić information content (AvgIpc) is 2.90. The van der Waals surface area contributed by atoms with Crippen LogP contribution in [0, 0.1) is 11.2 Å². The van der Waals surface area contributed by atoms with Gasteiger partial charge in [-0.3, -0.25) is 25.8 Å². The molecular formula is C26H27ClFN5O4. The Morgan fingerprint density at radius 1 is 1.11 bits per heavy atom. The van der Waals surface area contributed by atoms with Crippen molar-refractivity contribution in [1.82, 2.24) is 10.9 Å². The number of hydrogen-bond donors (Lipinski definition) is 5. The molecule has 0 fully saturated rings. The number of methoxy groups -OCH3 is 1. The molecule has 0 spiro atoms. The van der Waals surface area contributed by atoms with Gasteiger partial charge in [0.15, 0.2) is 11.6 Å². The van der Waals surface area contributed by atoms with Crippen LogP contribution in [0.4, 0.5) is 10.1 Å². The van der Waals surface area contributed by atoms with Gasteiger partial charge in [0.1, 0.15) is 17.6 Å². The molecule has 194 valence electrons. The Bertz CT molecular complexity index is 1290. The van der Waals surface area contributed by atoms with E-state index in [1.165, 1.54) is 31.4 Å². The molecule has 9 nitrogen and oxygen atoms in total. The molecule has 0 heterocycles. The first kappa shape index (κ1) is 27.3. The topological polar surface area (TPSA) is 139 Å². The predicted molar refractivity (Wildman–Crippen MR) is 140 cm³/mol. The summed E-state index contributed by atoms with van der Waals surface area (Å²) in [6.45, 7) is 2.14. The highest BCUT2D eigenvalue weighted by atomic mass is 35.5. The van der Waals surface area contributed by atoms with E-state index in [1.807, 2.05) is 6.92 Å². The molecule has 0 aromatic heterocycles. The standard InChI is InChI=1S/C26H27ClFN5O4/c1-3-12-37-21-14-17(36-2)13-19(22(21)28)23(31-16-10-8-15(9-11-16)24(29)30)26(35)33-32-25(34)18-6-4-5-7-20(18)27/h4-11,13-14,23,31H,3,12H2,1-2H3,(H3,29,30)(H,32,34)(H,33,35). The second kappa shape index (κ2) is 12.6. The average molecular weight is 528 g/mol. The molecule has 0 saturated heterocycles. The number of anilines is 1. The molecule has 11 heteroatoms. The monoisotopic (exact) mass is 527 g/mol. The van der Waals surface area contributed by atoms with E-state index in [4.69, 9.17) is 32.2 Å². The number of hydrogen-bond acceptors (Lipinski definition) is 6. The molecule has 6 N–H and O–H groups in total. The Kier molecular flexibility index (Phi) is 9.28. The van der Waals surface area contributed by atoms with Crippen LogP contribution < -0.4 is 31.4 Å². The van der Waals surface area contributed by atoms with Gasteiger partial charge < -0.3 is 20.5 Å². The predicted octanol–water partition coefficient (Wildman–Crippen LogP) is 4.17. The van der Waals surface area contributed by atoms with E-state index < -0.39 is 23.7 Å². The van der Waals surface area contributed by atoms with Crippen LogP contribution in [-0.2, 0) is 4.79 Å². The van der Waals surface area contributed by atoms with Gasteiger partial charge in [0.05, 0.1) is 24.3 Å². The Morgan fingerprint density at radius 2 is 1.81 bits per heavy atom. The minimum atomic E-state index is -1.33. The highest BCUT2D eigenvalue weighted by molar-refractivity contribution is 6.33. The summed E-state index contributed by atoms with van der Waals surface area (Å²) in [6.07, 6.45) is 0.644. The summed E-state index contributed by atoms with van der Waals surface area (Å²) in [5.41, 5.74) is 11.1. The zero-order chi connectivity index (χ0) is 26.9. The van der Waals surface area contributed by atoms with Gasteiger partial charge in [0, 0.05) is 22.9 Å². The number of amides is 2. The van der Waals surface area contributed by atoms with Gasteiger partial charge in [-0.15, -0.1) is 0 Å². The molecule has 0 aliphatic carbocycles. The van der Waals surface area contributed by atoms with Crippen LogP contribution in [0.5, 0.6) is 11.5 Å². The smallest absolute Gasteiger partial charge is 0.271 e. The van der Waals surface area contributed by atoms with E-state index in [2.05, 4.69) is 16.2 Å². The third-order valence-electron chi connectivity index (χ3n) is 5.24. The van der Waals surface area contributed by atoms with Crippen molar-refractivity contribution in [2.45, 2.75) is 19.4 Å². The minimum absolute atomic E-state index is 0.0782. The van der Waals surface area contributed by atoms with E-state index in [1.54, 1.807) is 36.4 Å². The molecule has 0 bridgehead atoms. The van der Waals surface area contributed by atoms with Crippen molar-refractivity contribution in [1.29, 1.82) is 5.41 Å². The third-order valence-corrected chi connectivity index (χ3v) is 5.57. The summed E-state index contributed by atoms with van der Waals surface area (Å²) in [6, 6.07) is 14.1. The van der Waals surface area contributed by atoms with E-state index in [-0.39, 0.29) is 40.1 Å². The van der Waals surface area contributed by atoms with Crippen molar-refractivity contribution >= 4 is 34.9 Å². The maximum absolute atomic E-state index is 15.6. The fourth-order valence-electron chi connectivity index (χ4n) is 3.34. The number of ether oxygens (including phenoxy) is 2. The molecule has 1 unspecified atom stereocenters. The number of halogens is 2. The number of carbonyl (C=O) groups excluding carboxylic acids is 2. The Hall–Kier alpha value is -4.31. The lowest BCUT2D eigenvalue weighted by atomic mass is 10.0. The first-order valence-electron chi connectivity index (χ1n) is 11.3. The van der Waals surface area contributed by atoms with Gasteiger partial charge >= 0.3 is 0 Å². The lowest BCUT2D eigenvalue weighted by Crippen LogP contribution is -2.45. The molecular weight excluding hydrogens is 501 g/mol. The summed E-state index contributed by atoms with van der Waals surface area (Å²) in [5, 5.41) is 10.7. The quantitative estimate of drug-likeness (QED) is 0.152. The van der Waals surface area contributed by atoms with Gasteiger partial charge in [0.25, 0.3) is 11.8 Å². The van der Waals surface area contributed by atoms with Gasteiger partial charge in [-0.2, -0.15) is 0 Å². The molecule has 0 aliphatic heterocycles. The summed E-state index contributed by atoms with van der Waals surface area (Å²) >= 11 is 6.06. The number of carbonyl (C=O) groups is 2. The van der Waals surface area contributed by atoms with Gasteiger partial charge in [-0.1, -0.05) is 30.7 Å². The molecule has 1 atom stereocenters. The number of nitrogens with two attached hydrogens (primary N) is 1. The zero-order valence-electron chi connectivity index (χ0n) is 20.2. The van der Waals surface area contributed by atoms with Crippen molar-refractivity contribution in [2.24, 2.45) is 5.73 Å². The van der Waals surface area contributed by atoms with Crippen molar-refractivity contribution in [2.75, 3.05) is 19.0 Å². The number of nitrogens with one attached hydrogen (secondary N) is 4. The zero-order valence-corrected chi connectivity index (χ0v) is 21.0. The maximum atomic E-state index is 15.6. The van der Waals surface area contributed by atoms with Gasteiger partial charge in [0.2, 0.25) is 0 Å². The first-order valence-corrected chi connectivity index (χ1v) is 11.7. The molecule has 3 aromatic rings. The van der Waals surface area contributed by atoms with E-state index in [0.29, 0.717) is 17.7 Å². The van der Waals surface area contributed by atoms with Crippen molar-refractivity contribution < 1.29 is 23.5 Å². The van der Waals surface area contributed by atoms with Crippen molar-refractivity contribution in [3.8, 4) is 11.5 Å². The van der Waals surface area contributed by atoms with Crippen LogP contribution in [0.25, 0.3) is 0 Å². The maximum Gasteiger partial charge on any atom is 0.271 e. The summed E-state index contributed by atoms with van der Waals surface area (Å²) in [5.74, 6) is -2.12. The normalized spacial score (nSPS) is 11.2. The summed E-state index contributed by atoms with van der Waals surface area (Å²) < 4.78 is 26.4. The molecule has 37 heavy (non-hydrogen) atoms. The van der Waals surface area contributed by atoms with E-state index in [0.717, 1.165) is 0 Å². The largest absolute Gasteiger partial charge is 0.497 e. The van der Waals surface area contributed by atoms with Gasteiger partial charge in [-0.05, 0) is 48.9 Å². The van der Waals surface area contributed by atoms with Crippen LogP contribution in [-0.4, -0.2) is 31.4 Å². The summed E-state index contributed by atoms with van der Waals surface area (Å²) in [7, 11) is 1.41. The van der Waals surface area contributed by atoms with Crippen molar-refractivity contribution in [3.05, 3.63) is 88.2 Å². The van der Waals surface area contributed by atoms with Gasteiger partial charge in [-0.25, -0.2) is 4.39 Å². The Balaban J connectivity index is 1.95. The molecule has 0 aliphatic rings. The van der Waals surface area contributed by atoms with Crippen LogP contribution >= 0.6 is 11.6 Å². The van der Waals surface area contributed by atoms with Crippen LogP contribution in [0.1, 0.15) is 40.9 Å². The molecule has 3 rings (SSSR count). The molecule has 0 saturated carbocycles. The highest BCUT2D eigenvalue weighted by Gasteiger charge is 2.28. The molecule has 3 aromatic carbocycles. The Labute approximate surface area is 218 Å². The number of amidine groups is 1. The lowest BCUT2D eigenvalue weighted by molar-refractivity contribution is -0.122. The number of benzene rings is 3. The molecule has 0 radical (unpaired) electrons. The third kappa shape index (κ3) is 6.89. The van der Waals surface area contributed by atoms with Crippen LogP contribution in [0.2, 0.25) is 5.02 Å². The number of hydrazine groups is 1. The molecule has 2 amide bonds. The van der Waals surface area contributed by atoms with Crippen LogP contribution in [0.15, 0.2) is 60.7 Å². The van der Waals surface area contributed by atoms with Crippen molar-refractivity contribution in [3.63, 3.8) is 0 Å². The SMILES string of the molecule is CCCOc1cc(OC)cc(C(Nc2ccc(C(=N)N)cc2)C(=O)NNC(=O)c2ccccc2Cl)c1F. The minimum Gasteiger partial charge on any atom is -0.497 e. The van der Waals surface area contributed by atoms with Crippen LogP contribution in [0.3, 0.4) is 0 Å². The van der Waals surface area contributed by atoms with E-state index in [9.17, 15) is 9.59 Å².